The van der Waals surface area contributed by atoms with Gasteiger partial charge in [-0.15, -0.1) is 0 Å². The third kappa shape index (κ3) is 4.37. The Hall–Kier alpha value is -3.20. The molecule has 0 aliphatic heterocycles. The minimum Gasteiger partial charge on any atom is -0.307 e. The summed E-state index contributed by atoms with van der Waals surface area (Å²) in [6.45, 7) is 1.64. The molecule has 0 spiro atoms. The minimum absolute atomic E-state index is 0.206. The summed E-state index contributed by atoms with van der Waals surface area (Å²) in [6, 6.07) is 11.8. The number of nitrogens with zero attached hydrogens (tertiary/aromatic N) is 3. The van der Waals surface area contributed by atoms with E-state index in [0.717, 1.165) is 10.0 Å². The Morgan fingerprint density at radius 1 is 1.21 bits per heavy atom. The Kier molecular flexibility index (Phi) is 5.74. The monoisotopic (exact) mass is 443 g/mol. The summed E-state index contributed by atoms with van der Waals surface area (Å²) in [7, 11) is 1.56. The largest absolute Gasteiger partial charge is 0.325 e. The molecule has 8 nitrogen and oxygen atoms in total. The van der Waals surface area contributed by atoms with E-state index in [2.05, 4.69) is 31.5 Å². The van der Waals surface area contributed by atoms with Crippen molar-refractivity contribution in [2.75, 3.05) is 23.9 Å². The van der Waals surface area contributed by atoms with E-state index in [1.54, 1.807) is 37.4 Å². The number of likely N-dealkylation sites (N-methyl/N-ethyl adjacent to an activating group) is 1. The summed E-state index contributed by atoms with van der Waals surface area (Å²) >= 11 is 3.33. The molecule has 0 unspecified atom stereocenters. The maximum absolute atomic E-state index is 12.7. The highest BCUT2D eigenvalue weighted by molar-refractivity contribution is 9.10. The molecule has 3 aromatic rings. The van der Waals surface area contributed by atoms with Crippen molar-refractivity contribution in [2.45, 2.75) is 6.92 Å². The van der Waals surface area contributed by atoms with Gasteiger partial charge in [0, 0.05) is 17.2 Å². The van der Waals surface area contributed by atoms with Crippen molar-refractivity contribution in [1.29, 1.82) is 0 Å². The Balaban J connectivity index is 1.68. The second-order valence-corrected chi connectivity index (χ2v) is 7.10. The van der Waals surface area contributed by atoms with Crippen molar-refractivity contribution in [3.63, 3.8) is 0 Å². The fourth-order valence-electron chi connectivity index (χ4n) is 2.64. The van der Waals surface area contributed by atoms with Gasteiger partial charge in [0.25, 0.3) is 5.56 Å². The first-order valence-electron chi connectivity index (χ1n) is 8.40. The van der Waals surface area contributed by atoms with E-state index in [4.69, 9.17) is 0 Å². The summed E-state index contributed by atoms with van der Waals surface area (Å²) in [5.41, 5.74) is 1.73. The molecule has 0 saturated heterocycles. The van der Waals surface area contributed by atoms with Crippen LogP contribution in [0.1, 0.15) is 5.56 Å². The molecule has 0 aliphatic rings. The number of aryl methyl sites for hydroxylation is 1. The van der Waals surface area contributed by atoms with E-state index in [0.29, 0.717) is 16.6 Å². The van der Waals surface area contributed by atoms with E-state index in [1.807, 2.05) is 19.1 Å². The number of anilines is 1. The maximum atomic E-state index is 12.7. The van der Waals surface area contributed by atoms with Gasteiger partial charge < -0.3 is 10.3 Å². The molecule has 0 fully saturated rings. The number of aromatic nitrogens is 2. The quantitative estimate of drug-likeness (QED) is 0.645. The number of halogens is 1. The van der Waals surface area contributed by atoms with Gasteiger partial charge in [-0.3, -0.25) is 14.9 Å². The summed E-state index contributed by atoms with van der Waals surface area (Å²) in [5.74, 6) is -0.560. The lowest BCUT2D eigenvalue weighted by Crippen LogP contribution is -2.47. The van der Waals surface area contributed by atoms with Gasteiger partial charge in [0.2, 0.25) is 5.91 Å². The molecule has 0 atom stereocenters. The van der Waals surface area contributed by atoms with Gasteiger partial charge in [-0.05, 0) is 36.8 Å². The molecule has 2 N–H and O–H groups in total. The fraction of sp³-hybridized carbons (Fsp3) is 0.158. The number of amides is 3. The second kappa shape index (κ2) is 8.22. The third-order valence-electron chi connectivity index (χ3n) is 4.09. The zero-order valence-corrected chi connectivity index (χ0v) is 16.9. The molecule has 0 radical (unpaired) electrons. The number of rotatable bonds is 4. The molecule has 0 aliphatic carbocycles. The van der Waals surface area contributed by atoms with Crippen molar-refractivity contribution in [1.82, 2.24) is 15.0 Å². The predicted octanol–water partition coefficient (Wildman–Crippen LogP) is 2.38. The first-order valence-corrected chi connectivity index (χ1v) is 9.19. The van der Waals surface area contributed by atoms with Crippen LogP contribution in [-0.2, 0) is 4.79 Å². The van der Waals surface area contributed by atoms with E-state index >= 15 is 0 Å². The number of hydrogen-bond donors (Lipinski definition) is 2. The molecular formula is C19H18BrN5O3. The smallest absolute Gasteiger partial charge is 0.307 e. The predicted molar refractivity (Wildman–Crippen MR) is 111 cm³/mol. The summed E-state index contributed by atoms with van der Waals surface area (Å²) in [4.78, 5) is 41.1. The highest BCUT2D eigenvalue weighted by atomic mass is 79.9. The Labute approximate surface area is 169 Å². The molecule has 0 saturated carbocycles. The van der Waals surface area contributed by atoms with Gasteiger partial charge in [-0.2, -0.15) is 0 Å². The van der Waals surface area contributed by atoms with Crippen LogP contribution in [0.5, 0.6) is 0 Å². The van der Waals surface area contributed by atoms with Crippen LogP contribution < -0.4 is 21.2 Å². The maximum Gasteiger partial charge on any atom is 0.325 e. The lowest BCUT2D eigenvalue weighted by atomic mass is 10.2. The molecule has 0 bridgehead atoms. The molecular weight excluding hydrogens is 426 g/mol. The number of carbonyl (C=O) groups excluding carboxylic acids is 2. The van der Waals surface area contributed by atoms with Crippen molar-refractivity contribution in [2.24, 2.45) is 0 Å². The SMILES string of the molecule is Cc1ccccc1NC(=O)NC(=O)CN(C)n1cnc2ccc(Br)cc2c1=O. The number of benzene rings is 2. The van der Waals surface area contributed by atoms with Gasteiger partial charge in [0.05, 0.1) is 10.9 Å². The number of para-hydroxylation sites is 1. The molecule has 2 aromatic carbocycles. The van der Waals surface area contributed by atoms with Gasteiger partial charge >= 0.3 is 6.03 Å². The number of imide groups is 1. The van der Waals surface area contributed by atoms with Crippen LogP contribution in [0.3, 0.4) is 0 Å². The second-order valence-electron chi connectivity index (χ2n) is 6.19. The van der Waals surface area contributed by atoms with Gasteiger partial charge in [0.15, 0.2) is 0 Å². The van der Waals surface area contributed by atoms with Crippen molar-refractivity contribution in [3.05, 3.63) is 69.2 Å². The Morgan fingerprint density at radius 3 is 2.71 bits per heavy atom. The molecule has 1 aromatic heterocycles. The molecule has 144 valence electrons. The van der Waals surface area contributed by atoms with Crippen LogP contribution in [0, 0.1) is 6.92 Å². The van der Waals surface area contributed by atoms with Crippen LogP contribution in [0.25, 0.3) is 10.9 Å². The zero-order chi connectivity index (χ0) is 20.3. The highest BCUT2D eigenvalue weighted by Crippen LogP contribution is 2.15. The topological polar surface area (TPSA) is 96.3 Å². The summed E-state index contributed by atoms with van der Waals surface area (Å²) in [6.07, 6.45) is 1.35. The summed E-state index contributed by atoms with van der Waals surface area (Å²) in [5, 5.41) is 6.67. The lowest BCUT2D eigenvalue weighted by Gasteiger charge is -2.20. The van der Waals surface area contributed by atoms with E-state index < -0.39 is 11.9 Å². The van der Waals surface area contributed by atoms with Gasteiger partial charge in [-0.25, -0.2) is 14.5 Å². The number of nitrogens with one attached hydrogen (secondary N) is 2. The van der Waals surface area contributed by atoms with Crippen LogP contribution in [-0.4, -0.2) is 35.2 Å². The normalized spacial score (nSPS) is 10.5. The molecule has 28 heavy (non-hydrogen) atoms. The van der Waals surface area contributed by atoms with Crippen LogP contribution in [0.15, 0.2) is 58.1 Å². The lowest BCUT2D eigenvalue weighted by molar-refractivity contribution is -0.118. The zero-order valence-electron chi connectivity index (χ0n) is 15.3. The number of urea groups is 1. The average molecular weight is 444 g/mol. The standard InChI is InChI=1S/C19H18BrN5O3/c1-12-5-3-4-6-15(12)22-19(28)23-17(26)10-24(2)25-11-21-16-8-7-13(20)9-14(16)18(25)27/h3-9,11H,10H2,1-2H3,(H2,22,23,26,28). The van der Waals surface area contributed by atoms with Crippen molar-refractivity contribution >= 4 is 44.5 Å². The molecule has 3 amide bonds. The van der Waals surface area contributed by atoms with Crippen LogP contribution in [0.2, 0.25) is 0 Å². The minimum atomic E-state index is -0.638. The van der Waals surface area contributed by atoms with E-state index in [9.17, 15) is 14.4 Å². The van der Waals surface area contributed by atoms with Crippen LogP contribution in [0.4, 0.5) is 10.5 Å². The van der Waals surface area contributed by atoms with Crippen molar-refractivity contribution < 1.29 is 9.59 Å². The molecule has 9 heteroatoms. The average Bonchev–Trinajstić information content (AvgIpc) is 2.64. The highest BCUT2D eigenvalue weighted by Gasteiger charge is 2.14. The van der Waals surface area contributed by atoms with Crippen LogP contribution >= 0.6 is 15.9 Å². The Morgan fingerprint density at radius 2 is 1.96 bits per heavy atom. The number of hydrogen-bond acceptors (Lipinski definition) is 5. The Bertz CT molecular complexity index is 1110. The molecule has 3 rings (SSSR count). The third-order valence-corrected chi connectivity index (χ3v) is 4.58. The number of carbonyl (C=O) groups is 2. The van der Waals surface area contributed by atoms with Gasteiger partial charge in [-0.1, -0.05) is 34.1 Å². The van der Waals surface area contributed by atoms with E-state index in [1.165, 1.54) is 16.0 Å². The van der Waals surface area contributed by atoms with E-state index in [-0.39, 0.29) is 12.1 Å². The van der Waals surface area contributed by atoms with Crippen molar-refractivity contribution in [3.8, 4) is 0 Å². The first kappa shape index (κ1) is 19.6. The fourth-order valence-corrected chi connectivity index (χ4v) is 3.01. The summed E-state index contributed by atoms with van der Waals surface area (Å²) < 4.78 is 1.98. The first-order chi connectivity index (χ1) is 13.3. The van der Waals surface area contributed by atoms with Gasteiger partial charge in [0.1, 0.15) is 12.9 Å². The molecule has 1 heterocycles. The number of fused-ring (bicyclic) bond motifs is 1.